The third-order valence-electron chi connectivity index (χ3n) is 3.13. The number of nitrogens with zero attached hydrogens (tertiary/aromatic N) is 6. The van der Waals surface area contributed by atoms with Crippen molar-refractivity contribution < 1.29 is 0 Å². The summed E-state index contributed by atoms with van der Waals surface area (Å²) in [5, 5.41) is 9.58. The lowest BCUT2D eigenvalue weighted by Gasteiger charge is -1.96. The van der Waals surface area contributed by atoms with Crippen molar-refractivity contribution >= 4 is 16.6 Å². The van der Waals surface area contributed by atoms with Gasteiger partial charge in [0.25, 0.3) is 0 Å². The Balaban J connectivity index is 2.06. The van der Waals surface area contributed by atoms with Crippen LogP contribution in [0.5, 0.6) is 0 Å². The van der Waals surface area contributed by atoms with Crippen LogP contribution in [-0.4, -0.2) is 29.4 Å². The highest BCUT2D eigenvalue weighted by Crippen LogP contribution is 2.19. The predicted octanol–water partition coefficient (Wildman–Crippen LogP) is 1.68. The van der Waals surface area contributed by atoms with Crippen LogP contribution in [0.1, 0.15) is 0 Å². The molecule has 92 valence electrons. The standard InChI is InChI=1S/C13H10N6/c1-18-11(6-7-15-18)12-16-13-9-4-2-3-5-10(9)14-8-19(13)17-12/h2-8H,1H3. The molecule has 4 rings (SSSR count). The van der Waals surface area contributed by atoms with Gasteiger partial charge in [0.2, 0.25) is 0 Å². The van der Waals surface area contributed by atoms with E-state index in [4.69, 9.17) is 0 Å². The first-order valence-electron chi connectivity index (χ1n) is 5.91. The highest BCUT2D eigenvalue weighted by molar-refractivity contribution is 5.91. The molecule has 0 amide bonds. The topological polar surface area (TPSA) is 60.9 Å². The van der Waals surface area contributed by atoms with Crippen molar-refractivity contribution in [1.82, 2.24) is 29.4 Å². The van der Waals surface area contributed by atoms with Gasteiger partial charge in [0.15, 0.2) is 11.5 Å². The maximum atomic E-state index is 4.60. The van der Waals surface area contributed by atoms with Gasteiger partial charge in [0.1, 0.15) is 12.0 Å². The molecule has 0 radical (unpaired) electrons. The first-order chi connectivity index (χ1) is 9.33. The monoisotopic (exact) mass is 250 g/mol. The van der Waals surface area contributed by atoms with Crippen LogP contribution in [0.2, 0.25) is 0 Å². The SMILES string of the molecule is Cn1nccc1-c1nc2c3ccccc3ncn2n1. The zero-order chi connectivity index (χ0) is 12.8. The molecule has 0 unspecified atom stereocenters. The van der Waals surface area contributed by atoms with E-state index >= 15 is 0 Å². The lowest BCUT2D eigenvalue weighted by molar-refractivity contribution is 0.768. The summed E-state index contributed by atoms with van der Waals surface area (Å²) in [5.74, 6) is 0.651. The summed E-state index contributed by atoms with van der Waals surface area (Å²) in [7, 11) is 1.87. The van der Waals surface area contributed by atoms with E-state index in [1.165, 1.54) is 0 Å². The highest BCUT2D eigenvalue weighted by Gasteiger charge is 2.11. The fourth-order valence-corrected chi connectivity index (χ4v) is 2.18. The van der Waals surface area contributed by atoms with Gasteiger partial charge >= 0.3 is 0 Å². The van der Waals surface area contributed by atoms with E-state index in [0.717, 1.165) is 22.2 Å². The Morgan fingerprint density at radius 2 is 2.00 bits per heavy atom. The number of aromatic nitrogens is 6. The van der Waals surface area contributed by atoms with E-state index in [1.807, 2.05) is 37.4 Å². The molecule has 6 heteroatoms. The molecule has 0 N–H and O–H groups in total. The minimum Gasteiger partial charge on any atom is -0.265 e. The molecule has 0 aliphatic heterocycles. The van der Waals surface area contributed by atoms with Crippen molar-refractivity contribution in [3.63, 3.8) is 0 Å². The Bertz CT molecular complexity index is 888. The molecule has 0 saturated heterocycles. The molecule has 4 aromatic rings. The maximum absolute atomic E-state index is 4.60. The van der Waals surface area contributed by atoms with E-state index in [9.17, 15) is 0 Å². The summed E-state index contributed by atoms with van der Waals surface area (Å²) in [6.45, 7) is 0. The molecule has 6 nitrogen and oxygen atoms in total. The molecule has 0 atom stereocenters. The van der Waals surface area contributed by atoms with Crippen LogP contribution in [0.15, 0.2) is 42.9 Å². The number of fused-ring (bicyclic) bond motifs is 3. The molecule has 0 aliphatic rings. The summed E-state index contributed by atoms with van der Waals surface area (Å²) in [6, 6.07) is 9.80. The van der Waals surface area contributed by atoms with Crippen molar-refractivity contribution in [3.8, 4) is 11.5 Å². The first-order valence-corrected chi connectivity index (χ1v) is 5.91. The number of aryl methyl sites for hydroxylation is 1. The van der Waals surface area contributed by atoms with Gasteiger partial charge in [-0.3, -0.25) is 4.68 Å². The molecule has 0 saturated carbocycles. The summed E-state index contributed by atoms with van der Waals surface area (Å²) in [6.07, 6.45) is 3.42. The van der Waals surface area contributed by atoms with E-state index in [2.05, 4.69) is 20.2 Å². The fraction of sp³-hybridized carbons (Fsp3) is 0.0769. The Morgan fingerprint density at radius 3 is 2.84 bits per heavy atom. The van der Waals surface area contributed by atoms with E-state index < -0.39 is 0 Å². The van der Waals surface area contributed by atoms with Crippen LogP contribution in [0.3, 0.4) is 0 Å². The van der Waals surface area contributed by atoms with Crippen molar-refractivity contribution in [3.05, 3.63) is 42.9 Å². The van der Waals surface area contributed by atoms with Crippen molar-refractivity contribution in [2.75, 3.05) is 0 Å². The van der Waals surface area contributed by atoms with Gasteiger partial charge < -0.3 is 0 Å². The zero-order valence-corrected chi connectivity index (χ0v) is 10.2. The molecule has 0 aliphatic carbocycles. The molecule has 3 aromatic heterocycles. The second-order valence-corrected chi connectivity index (χ2v) is 4.31. The van der Waals surface area contributed by atoms with Crippen molar-refractivity contribution in [2.24, 2.45) is 7.05 Å². The molecule has 0 fully saturated rings. The summed E-state index contributed by atoms with van der Waals surface area (Å²) < 4.78 is 3.45. The molecule has 1 aromatic carbocycles. The van der Waals surface area contributed by atoms with Crippen LogP contribution in [0.25, 0.3) is 28.1 Å². The van der Waals surface area contributed by atoms with Crippen LogP contribution in [0.4, 0.5) is 0 Å². The van der Waals surface area contributed by atoms with Gasteiger partial charge in [0, 0.05) is 18.6 Å². The van der Waals surface area contributed by atoms with Gasteiger partial charge in [-0.05, 0) is 18.2 Å². The highest BCUT2D eigenvalue weighted by atomic mass is 15.3. The summed E-state index contributed by atoms with van der Waals surface area (Å²) in [4.78, 5) is 8.96. The second-order valence-electron chi connectivity index (χ2n) is 4.31. The number of hydrogen-bond acceptors (Lipinski definition) is 4. The molecular formula is C13H10N6. The van der Waals surface area contributed by atoms with E-state index in [0.29, 0.717) is 5.82 Å². The lowest BCUT2D eigenvalue weighted by Crippen LogP contribution is -1.95. The van der Waals surface area contributed by atoms with E-state index in [-0.39, 0.29) is 0 Å². The summed E-state index contributed by atoms with van der Waals surface area (Å²) >= 11 is 0. The molecule has 0 bridgehead atoms. The van der Waals surface area contributed by atoms with Crippen LogP contribution >= 0.6 is 0 Å². The Hall–Kier alpha value is -2.76. The Labute approximate surface area is 108 Å². The average molecular weight is 250 g/mol. The number of para-hydroxylation sites is 1. The van der Waals surface area contributed by atoms with Gasteiger partial charge in [-0.2, -0.15) is 5.10 Å². The third kappa shape index (κ3) is 1.43. The Kier molecular flexibility index (Phi) is 1.94. The van der Waals surface area contributed by atoms with Crippen LogP contribution < -0.4 is 0 Å². The predicted molar refractivity (Wildman–Crippen MR) is 70.5 cm³/mol. The Morgan fingerprint density at radius 1 is 1.11 bits per heavy atom. The first kappa shape index (κ1) is 10.2. The fourth-order valence-electron chi connectivity index (χ4n) is 2.18. The van der Waals surface area contributed by atoms with Gasteiger partial charge in [-0.25, -0.2) is 14.5 Å². The minimum atomic E-state index is 0.651. The molecule has 19 heavy (non-hydrogen) atoms. The van der Waals surface area contributed by atoms with Gasteiger partial charge in [-0.1, -0.05) is 12.1 Å². The normalized spacial score (nSPS) is 11.4. The number of rotatable bonds is 1. The van der Waals surface area contributed by atoms with Crippen molar-refractivity contribution in [2.45, 2.75) is 0 Å². The molecular weight excluding hydrogens is 240 g/mol. The van der Waals surface area contributed by atoms with E-state index in [1.54, 1.807) is 21.7 Å². The van der Waals surface area contributed by atoms with Gasteiger partial charge in [-0.15, -0.1) is 5.10 Å². The minimum absolute atomic E-state index is 0.651. The zero-order valence-electron chi connectivity index (χ0n) is 10.2. The second kappa shape index (κ2) is 3.61. The van der Waals surface area contributed by atoms with Crippen LogP contribution in [-0.2, 0) is 7.05 Å². The smallest absolute Gasteiger partial charge is 0.200 e. The summed E-state index contributed by atoms with van der Waals surface area (Å²) in [5.41, 5.74) is 2.61. The molecule has 3 heterocycles. The molecule has 0 spiro atoms. The van der Waals surface area contributed by atoms with Crippen molar-refractivity contribution in [1.29, 1.82) is 0 Å². The quantitative estimate of drug-likeness (QED) is 0.515. The number of benzene rings is 1. The largest absolute Gasteiger partial charge is 0.265 e. The van der Waals surface area contributed by atoms with Crippen LogP contribution in [0, 0.1) is 0 Å². The van der Waals surface area contributed by atoms with Gasteiger partial charge in [0.05, 0.1) is 5.52 Å². The average Bonchev–Trinajstić information content (AvgIpc) is 3.04. The maximum Gasteiger partial charge on any atom is 0.200 e. The third-order valence-corrected chi connectivity index (χ3v) is 3.13. The lowest BCUT2D eigenvalue weighted by atomic mass is 10.2. The number of hydrogen-bond donors (Lipinski definition) is 0.